The third-order valence-electron chi connectivity index (χ3n) is 2.61. The fraction of sp³-hybridized carbons (Fsp3) is 0.667. The van der Waals surface area contributed by atoms with Gasteiger partial charge in [-0.25, -0.2) is 4.63 Å². The van der Waals surface area contributed by atoms with Crippen molar-refractivity contribution in [2.45, 2.75) is 32.9 Å². The number of carboxylic acids is 1. The molecule has 0 aliphatic heterocycles. The Morgan fingerprint density at radius 1 is 1.53 bits per heavy atom. The van der Waals surface area contributed by atoms with Crippen molar-refractivity contribution in [3.05, 3.63) is 11.4 Å². The summed E-state index contributed by atoms with van der Waals surface area (Å²) in [6.45, 7) is 5.44. The van der Waals surface area contributed by atoms with Crippen LogP contribution < -0.4 is 0 Å². The predicted molar refractivity (Wildman–Crippen MR) is 52.2 cm³/mol. The second-order valence-corrected chi connectivity index (χ2v) is 4.02. The lowest BCUT2D eigenvalue weighted by Crippen LogP contribution is -2.47. The number of rotatable bonds is 4. The molecule has 0 fully saturated rings. The summed E-state index contributed by atoms with van der Waals surface area (Å²) >= 11 is 0. The molecule has 6 heteroatoms. The number of hydrogen-bond donors (Lipinski definition) is 1. The zero-order chi connectivity index (χ0) is 11.6. The van der Waals surface area contributed by atoms with Crippen molar-refractivity contribution in [3.63, 3.8) is 0 Å². The van der Waals surface area contributed by atoms with Crippen molar-refractivity contribution in [1.29, 1.82) is 0 Å². The number of likely N-dealkylation sites (N-methyl/N-ethyl adjacent to an activating group) is 1. The summed E-state index contributed by atoms with van der Waals surface area (Å²) in [6.07, 6.45) is 0. The van der Waals surface area contributed by atoms with Crippen LogP contribution in [-0.4, -0.2) is 38.9 Å². The van der Waals surface area contributed by atoms with Gasteiger partial charge in [0.25, 0.3) is 0 Å². The van der Waals surface area contributed by atoms with Gasteiger partial charge in [0.05, 0.1) is 0 Å². The Labute approximate surface area is 87.8 Å². The first-order chi connectivity index (χ1) is 6.85. The van der Waals surface area contributed by atoms with E-state index in [0.717, 1.165) is 0 Å². The van der Waals surface area contributed by atoms with Crippen molar-refractivity contribution >= 4 is 5.97 Å². The van der Waals surface area contributed by atoms with Gasteiger partial charge < -0.3 is 5.11 Å². The topological polar surface area (TPSA) is 79.5 Å². The van der Waals surface area contributed by atoms with Crippen LogP contribution in [-0.2, 0) is 11.3 Å². The summed E-state index contributed by atoms with van der Waals surface area (Å²) in [7, 11) is 1.72. The van der Waals surface area contributed by atoms with Gasteiger partial charge in [0.2, 0.25) is 0 Å². The average Bonchev–Trinajstić information content (AvgIpc) is 2.51. The van der Waals surface area contributed by atoms with Crippen LogP contribution in [0.5, 0.6) is 0 Å². The normalized spacial score (nSPS) is 12.1. The molecule has 6 nitrogen and oxygen atoms in total. The fourth-order valence-electron chi connectivity index (χ4n) is 0.979. The van der Waals surface area contributed by atoms with E-state index in [0.29, 0.717) is 17.9 Å². The van der Waals surface area contributed by atoms with Gasteiger partial charge in [-0.2, -0.15) is 0 Å². The lowest BCUT2D eigenvalue weighted by atomic mass is 10.0. The maximum absolute atomic E-state index is 11.0. The van der Waals surface area contributed by atoms with Gasteiger partial charge in [-0.05, 0) is 27.8 Å². The molecule has 0 aliphatic carbocycles. The number of hydrogen-bond acceptors (Lipinski definition) is 5. The van der Waals surface area contributed by atoms with Crippen LogP contribution >= 0.6 is 0 Å². The Balaban J connectivity index is 2.76. The van der Waals surface area contributed by atoms with E-state index in [-0.39, 0.29) is 0 Å². The van der Waals surface area contributed by atoms with Crippen LogP contribution in [0.2, 0.25) is 0 Å². The maximum Gasteiger partial charge on any atom is 0.323 e. The van der Waals surface area contributed by atoms with Gasteiger partial charge in [0.15, 0.2) is 0 Å². The highest BCUT2D eigenvalue weighted by Crippen LogP contribution is 2.16. The quantitative estimate of drug-likeness (QED) is 0.792. The lowest BCUT2D eigenvalue weighted by molar-refractivity contribution is -0.148. The number of aliphatic carboxylic acids is 1. The van der Waals surface area contributed by atoms with Crippen molar-refractivity contribution in [1.82, 2.24) is 15.2 Å². The highest BCUT2D eigenvalue weighted by atomic mass is 16.6. The van der Waals surface area contributed by atoms with Crippen molar-refractivity contribution in [3.8, 4) is 0 Å². The molecule has 0 aliphatic rings. The summed E-state index contributed by atoms with van der Waals surface area (Å²) in [4.78, 5) is 12.7. The minimum atomic E-state index is -0.939. The van der Waals surface area contributed by atoms with E-state index in [1.807, 2.05) is 0 Å². The van der Waals surface area contributed by atoms with Crippen LogP contribution in [0.25, 0.3) is 0 Å². The summed E-state index contributed by atoms with van der Waals surface area (Å²) in [6, 6.07) is 0. The minimum absolute atomic E-state index is 0.397. The smallest absolute Gasteiger partial charge is 0.323 e. The second kappa shape index (κ2) is 3.98. The van der Waals surface area contributed by atoms with Gasteiger partial charge in [0, 0.05) is 6.54 Å². The van der Waals surface area contributed by atoms with E-state index in [2.05, 4.69) is 14.9 Å². The van der Waals surface area contributed by atoms with E-state index >= 15 is 0 Å². The second-order valence-electron chi connectivity index (χ2n) is 4.02. The SMILES string of the molecule is Cc1nonc1CN(C)C(C)(C)C(=O)O. The Bertz CT molecular complexity index is 359. The monoisotopic (exact) mass is 213 g/mol. The van der Waals surface area contributed by atoms with Crippen molar-refractivity contribution in [2.24, 2.45) is 0 Å². The van der Waals surface area contributed by atoms with E-state index in [4.69, 9.17) is 5.11 Å². The Hall–Kier alpha value is -1.43. The molecular weight excluding hydrogens is 198 g/mol. The fourth-order valence-corrected chi connectivity index (χ4v) is 0.979. The van der Waals surface area contributed by atoms with Crippen molar-refractivity contribution in [2.75, 3.05) is 7.05 Å². The van der Waals surface area contributed by atoms with E-state index < -0.39 is 11.5 Å². The van der Waals surface area contributed by atoms with Gasteiger partial charge in [-0.1, -0.05) is 10.3 Å². The molecule has 0 saturated carbocycles. The maximum atomic E-state index is 11.0. The van der Waals surface area contributed by atoms with Crippen LogP contribution in [0.15, 0.2) is 4.63 Å². The van der Waals surface area contributed by atoms with E-state index in [1.165, 1.54) is 0 Å². The largest absolute Gasteiger partial charge is 0.480 e. The molecule has 0 atom stereocenters. The molecule has 0 radical (unpaired) electrons. The van der Waals surface area contributed by atoms with Gasteiger partial charge in [-0.15, -0.1) is 0 Å². The molecule has 0 spiro atoms. The van der Waals surface area contributed by atoms with Crippen LogP contribution in [0.3, 0.4) is 0 Å². The summed E-state index contributed by atoms with van der Waals surface area (Å²) < 4.78 is 4.55. The molecule has 84 valence electrons. The Kier molecular flexibility index (Phi) is 3.09. The van der Waals surface area contributed by atoms with Crippen LogP contribution in [0, 0.1) is 6.92 Å². The number of carbonyl (C=O) groups is 1. The van der Waals surface area contributed by atoms with Gasteiger partial charge in [0.1, 0.15) is 16.9 Å². The van der Waals surface area contributed by atoms with Gasteiger partial charge in [-0.3, -0.25) is 9.69 Å². The zero-order valence-corrected chi connectivity index (χ0v) is 9.31. The predicted octanol–water partition coefficient (Wildman–Crippen LogP) is 0.673. The van der Waals surface area contributed by atoms with E-state index in [1.54, 1.807) is 32.7 Å². The molecule has 1 N–H and O–H groups in total. The molecule has 15 heavy (non-hydrogen) atoms. The first-order valence-corrected chi connectivity index (χ1v) is 4.58. The molecule has 0 amide bonds. The average molecular weight is 213 g/mol. The molecule has 0 unspecified atom stereocenters. The number of aryl methyl sites for hydroxylation is 1. The first-order valence-electron chi connectivity index (χ1n) is 4.58. The molecule has 0 bridgehead atoms. The summed E-state index contributed by atoms with van der Waals surface area (Å²) in [5.74, 6) is -0.876. The molecule has 1 heterocycles. The molecule has 0 saturated heterocycles. The standard InChI is InChI=1S/C9H15N3O3/c1-6-7(11-15-10-6)5-12(4)9(2,3)8(13)14/h5H2,1-4H3,(H,13,14). The Morgan fingerprint density at radius 3 is 2.53 bits per heavy atom. The third kappa shape index (κ3) is 2.33. The zero-order valence-electron chi connectivity index (χ0n) is 9.31. The number of aromatic nitrogens is 2. The molecular formula is C9H15N3O3. The molecule has 1 rings (SSSR count). The molecule has 1 aromatic rings. The Morgan fingerprint density at radius 2 is 2.13 bits per heavy atom. The van der Waals surface area contributed by atoms with Crippen molar-refractivity contribution < 1.29 is 14.5 Å². The molecule has 0 aromatic carbocycles. The lowest BCUT2D eigenvalue weighted by Gasteiger charge is -2.30. The third-order valence-corrected chi connectivity index (χ3v) is 2.61. The highest BCUT2D eigenvalue weighted by molar-refractivity contribution is 5.77. The summed E-state index contributed by atoms with van der Waals surface area (Å²) in [5, 5.41) is 16.4. The van der Waals surface area contributed by atoms with Crippen LogP contribution in [0.1, 0.15) is 25.2 Å². The minimum Gasteiger partial charge on any atom is -0.480 e. The molecule has 1 aromatic heterocycles. The highest BCUT2D eigenvalue weighted by Gasteiger charge is 2.32. The summed E-state index contributed by atoms with van der Waals surface area (Å²) in [5.41, 5.74) is 0.403. The number of nitrogens with zero attached hydrogens (tertiary/aromatic N) is 3. The van der Waals surface area contributed by atoms with Crippen LogP contribution in [0.4, 0.5) is 0 Å². The van der Waals surface area contributed by atoms with E-state index in [9.17, 15) is 4.79 Å². The van der Waals surface area contributed by atoms with Gasteiger partial charge >= 0.3 is 5.97 Å². The first kappa shape index (κ1) is 11.6. The number of carboxylic acid groups (broad SMARTS) is 1.